The van der Waals surface area contributed by atoms with Gasteiger partial charge in [-0.25, -0.2) is 4.79 Å². The number of carboxylic acid groups (broad SMARTS) is 1. The molecule has 6 nitrogen and oxygen atoms in total. The third kappa shape index (κ3) is 5.40. The number of hydrogen-bond donors (Lipinski definition) is 2. The van der Waals surface area contributed by atoms with Crippen molar-refractivity contribution in [1.29, 1.82) is 0 Å². The molecule has 0 radical (unpaired) electrons. The Balaban J connectivity index is 1.94. The first-order valence-electron chi connectivity index (χ1n) is 8.25. The number of carbonyl (C=O) groups excluding carboxylic acids is 2. The van der Waals surface area contributed by atoms with Crippen molar-refractivity contribution in [2.45, 2.75) is 32.2 Å². The van der Waals surface area contributed by atoms with Gasteiger partial charge in [-0.1, -0.05) is 67.7 Å². The van der Waals surface area contributed by atoms with E-state index in [1.807, 2.05) is 37.3 Å². The van der Waals surface area contributed by atoms with Crippen LogP contribution in [0.4, 0.5) is 0 Å². The molecular weight excluding hydrogens is 372 g/mol. The lowest BCUT2D eigenvalue weighted by atomic mass is 10.1. The summed E-state index contributed by atoms with van der Waals surface area (Å²) in [5, 5.41) is 11.6. The monoisotopic (exact) mass is 392 g/mol. The van der Waals surface area contributed by atoms with Crippen molar-refractivity contribution in [3.05, 3.63) is 40.8 Å². The zero-order chi connectivity index (χ0) is 19.1. The van der Waals surface area contributed by atoms with Gasteiger partial charge in [0.05, 0.1) is 4.91 Å². The zero-order valence-electron chi connectivity index (χ0n) is 14.3. The Kier molecular flexibility index (Phi) is 7.35. The molecule has 2 N–H and O–H groups in total. The summed E-state index contributed by atoms with van der Waals surface area (Å²) in [5.41, 5.74) is 0.898. The highest BCUT2D eigenvalue weighted by molar-refractivity contribution is 8.26. The second kappa shape index (κ2) is 9.49. The van der Waals surface area contributed by atoms with Crippen molar-refractivity contribution in [3.63, 3.8) is 0 Å². The number of hydrogen-bond acceptors (Lipinski definition) is 5. The van der Waals surface area contributed by atoms with E-state index in [9.17, 15) is 14.4 Å². The number of thiocarbonyl (C=S) groups is 1. The molecule has 2 rings (SSSR count). The van der Waals surface area contributed by atoms with Crippen LogP contribution in [0.1, 0.15) is 31.7 Å². The number of aliphatic carboxylic acids is 1. The molecular formula is C18H20N2O4S2. The second-order valence-corrected chi connectivity index (χ2v) is 7.42. The van der Waals surface area contributed by atoms with Gasteiger partial charge in [0.15, 0.2) is 0 Å². The Hall–Kier alpha value is -2.19. The van der Waals surface area contributed by atoms with Crippen LogP contribution in [0.5, 0.6) is 0 Å². The topological polar surface area (TPSA) is 86.7 Å². The molecule has 1 unspecified atom stereocenters. The maximum absolute atomic E-state index is 12.5. The number of carboxylic acids is 1. The molecule has 8 heteroatoms. The summed E-state index contributed by atoms with van der Waals surface area (Å²) in [6.07, 6.45) is 2.78. The smallest absolute Gasteiger partial charge is 0.326 e. The number of thioether (sulfide) groups is 1. The SMILES string of the molecule is CCCC(NC(=O)CCN1C(=O)/C(=C\c2ccccc2)SC1=S)C(=O)O. The molecule has 2 amide bonds. The fraction of sp³-hybridized carbons (Fsp3) is 0.333. The van der Waals surface area contributed by atoms with Crippen LogP contribution in [0, 0.1) is 0 Å². The first-order chi connectivity index (χ1) is 12.4. The Morgan fingerprint density at radius 2 is 2.04 bits per heavy atom. The molecule has 0 spiro atoms. The van der Waals surface area contributed by atoms with Crippen molar-refractivity contribution in [3.8, 4) is 0 Å². The van der Waals surface area contributed by atoms with Gasteiger partial charge in [0.1, 0.15) is 10.4 Å². The Labute approximate surface area is 161 Å². The average molecular weight is 393 g/mol. The molecule has 0 aromatic heterocycles. The lowest BCUT2D eigenvalue weighted by Gasteiger charge is -2.16. The Morgan fingerprint density at radius 3 is 2.65 bits per heavy atom. The van der Waals surface area contributed by atoms with E-state index in [2.05, 4.69) is 5.32 Å². The van der Waals surface area contributed by atoms with Gasteiger partial charge < -0.3 is 10.4 Å². The first-order valence-corrected chi connectivity index (χ1v) is 9.47. The van der Waals surface area contributed by atoms with E-state index in [0.29, 0.717) is 22.1 Å². The van der Waals surface area contributed by atoms with Crippen molar-refractivity contribution < 1.29 is 19.5 Å². The minimum Gasteiger partial charge on any atom is -0.480 e. The second-order valence-electron chi connectivity index (χ2n) is 5.74. The number of amides is 2. The van der Waals surface area contributed by atoms with Gasteiger partial charge in [0, 0.05) is 13.0 Å². The van der Waals surface area contributed by atoms with E-state index in [1.165, 1.54) is 16.7 Å². The normalized spacial score (nSPS) is 16.8. The van der Waals surface area contributed by atoms with Crippen LogP contribution in [0.2, 0.25) is 0 Å². The highest BCUT2D eigenvalue weighted by atomic mass is 32.2. The molecule has 1 fully saturated rings. The molecule has 0 aliphatic carbocycles. The van der Waals surface area contributed by atoms with Gasteiger partial charge in [-0.15, -0.1) is 0 Å². The van der Waals surface area contributed by atoms with E-state index in [1.54, 1.807) is 6.08 Å². The summed E-state index contributed by atoms with van der Waals surface area (Å²) in [6.45, 7) is 1.97. The molecule has 26 heavy (non-hydrogen) atoms. The molecule has 1 aromatic rings. The molecule has 138 valence electrons. The third-order valence-corrected chi connectivity index (χ3v) is 5.12. The molecule has 1 atom stereocenters. The van der Waals surface area contributed by atoms with Crippen molar-refractivity contribution >= 4 is 52.2 Å². The number of rotatable bonds is 8. The summed E-state index contributed by atoms with van der Waals surface area (Å²) in [4.78, 5) is 37.5. The highest BCUT2D eigenvalue weighted by Gasteiger charge is 2.32. The van der Waals surface area contributed by atoms with E-state index in [4.69, 9.17) is 17.3 Å². The standard InChI is InChI=1S/C18H20N2O4S2/c1-2-6-13(17(23)24)19-15(21)9-10-20-16(22)14(26-18(20)25)11-12-7-4-3-5-8-12/h3-5,7-8,11,13H,2,6,9-10H2,1H3,(H,19,21)(H,23,24)/b14-11+. The molecule has 1 heterocycles. The number of carbonyl (C=O) groups is 3. The van der Waals surface area contributed by atoms with Crippen LogP contribution in [-0.4, -0.2) is 44.7 Å². The van der Waals surface area contributed by atoms with Crippen LogP contribution in [0.15, 0.2) is 35.2 Å². The quantitative estimate of drug-likeness (QED) is 0.522. The summed E-state index contributed by atoms with van der Waals surface area (Å²) in [7, 11) is 0. The predicted molar refractivity (Wildman–Crippen MR) is 105 cm³/mol. The van der Waals surface area contributed by atoms with E-state index >= 15 is 0 Å². The zero-order valence-corrected chi connectivity index (χ0v) is 15.9. The lowest BCUT2D eigenvalue weighted by Crippen LogP contribution is -2.42. The summed E-state index contributed by atoms with van der Waals surface area (Å²) in [5.74, 6) is -1.71. The lowest BCUT2D eigenvalue weighted by molar-refractivity contribution is -0.142. The minimum absolute atomic E-state index is 0.00144. The van der Waals surface area contributed by atoms with E-state index < -0.39 is 17.9 Å². The van der Waals surface area contributed by atoms with Crippen molar-refractivity contribution in [2.75, 3.05) is 6.54 Å². The first kappa shape index (κ1) is 20.1. The molecule has 0 saturated carbocycles. The fourth-order valence-corrected chi connectivity index (χ4v) is 3.73. The van der Waals surface area contributed by atoms with Gasteiger partial charge in [0.25, 0.3) is 5.91 Å². The summed E-state index contributed by atoms with van der Waals surface area (Å²) < 4.78 is 0.397. The average Bonchev–Trinajstić information content (AvgIpc) is 2.87. The predicted octanol–water partition coefficient (Wildman–Crippen LogP) is 2.65. The number of nitrogens with zero attached hydrogens (tertiary/aromatic N) is 1. The molecule has 0 bridgehead atoms. The van der Waals surface area contributed by atoms with Crippen LogP contribution in [0.25, 0.3) is 6.08 Å². The van der Waals surface area contributed by atoms with Crippen molar-refractivity contribution in [1.82, 2.24) is 10.2 Å². The van der Waals surface area contributed by atoms with Gasteiger partial charge in [-0.2, -0.15) is 0 Å². The van der Waals surface area contributed by atoms with Gasteiger partial charge in [-0.05, 0) is 18.1 Å². The Bertz CT molecular complexity index is 734. The molecule has 1 aliphatic rings. The maximum atomic E-state index is 12.5. The maximum Gasteiger partial charge on any atom is 0.326 e. The fourth-order valence-electron chi connectivity index (χ4n) is 2.42. The van der Waals surface area contributed by atoms with Crippen LogP contribution < -0.4 is 5.32 Å². The van der Waals surface area contributed by atoms with Gasteiger partial charge in [0.2, 0.25) is 5.91 Å². The molecule has 1 aliphatic heterocycles. The molecule has 1 aromatic carbocycles. The molecule has 1 saturated heterocycles. The van der Waals surface area contributed by atoms with Crippen LogP contribution in [0.3, 0.4) is 0 Å². The van der Waals surface area contributed by atoms with E-state index in [-0.39, 0.29) is 18.9 Å². The summed E-state index contributed by atoms with van der Waals surface area (Å²) >= 11 is 6.43. The van der Waals surface area contributed by atoms with Crippen molar-refractivity contribution in [2.24, 2.45) is 0 Å². The van der Waals surface area contributed by atoms with Crippen LogP contribution in [-0.2, 0) is 14.4 Å². The van der Waals surface area contributed by atoms with E-state index in [0.717, 1.165) is 5.56 Å². The number of nitrogens with one attached hydrogen (secondary N) is 1. The largest absolute Gasteiger partial charge is 0.480 e. The third-order valence-electron chi connectivity index (χ3n) is 3.74. The van der Waals surface area contributed by atoms with Gasteiger partial charge >= 0.3 is 5.97 Å². The number of benzene rings is 1. The summed E-state index contributed by atoms with van der Waals surface area (Å²) in [6, 6.07) is 8.53. The minimum atomic E-state index is -1.06. The highest BCUT2D eigenvalue weighted by Crippen LogP contribution is 2.32. The van der Waals surface area contributed by atoms with Gasteiger partial charge in [-0.3, -0.25) is 14.5 Å². The Morgan fingerprint density at radius 1 is 1.35 bits per heavy atom. The van der Waals surface area contributed by atoms with Crippen LogP contribution >= 0.6 is 24.0 Å².